The number of nitrogens with one attached hydrogen (secondary N) is 1. The Labute approximate surface area is 145 Å². The smallest absolute Gasteiger partial charge is 0.258 e. The van der Waals surface area contributed by atoms with Gasteiger partial charge in [0.15, 0.2) is 0 Å². The maximum atomic E-state index is 13.0. The molecular weight excluding hydrogens is 318 g/mol. The van der Waals surface area contributed by atoms with Gasteiger partial charge in [0.25, 0.3) is 5.91 Å². The minimum absolute atomic E-state index is 0.172. The van der Waals surface area contributed by atoms with E-state index in [2.05, 4.69) is 5.32 Å². The van der Waals surface area contributed by atoms with Crippen LogP contribution in [-0.2, 0) is 11.2 Å². The van der Waals surface area contributed by atoms with Crippen LogP contribution in [0.4, 0.5) is 11.4 Å². The van der Waals surface area contributed by atoms with E-state index in [-0.39, 0.29) is 11.8 Å². The molecule has 2 aromatic rings. The number of primary amides is 1. The molecule has 0 radical (unpaired) electrons. The minimum Gasteiger partial charge on any atom is -0.366 e. The van der Waals surface area contributed by atoms with Crippen molar-refractivity contribution in [3.63, 3.8) is 0 Å². The second-order valence-electron chi connectivity index (χ2n) is 5.99. The van der Waals surface area contributed by atoms with E-state index < -0.39 is 5.91 Å². The molecule has 0 fully saturated rings. The van der Waals surface area contributed by atoms with Crippen molar-refractivity contribution < 1.29 is 14.4 Å². The van der Waals surface area contributed by atoms with Crippen LogP contribution in [0, 0.1) is 0 Å². The standard InChI is InChI=1S/C19H19N3O3/c1-12(23)21-14-6-2-5-13(11-14)19(25)22-10-4-8-15-16(18(20)24)7-3-9-17(15)22/h2-3,5-7,9,11H,4,8,10H2,1H3,(H2,20,24)(H,21,23). The molecule has 0 atom stereocenters. The Hall–Kier alpha value is -3.15. The number of carbonyl (C=O) groups excluding carboxylic acids is 3. The highest BCUT2D eigenvalue weighted by molar-refractivity contribution is 6.08. The molecule has 3 amide bonds. The number of nitrogens with two attached hydrogens (primary N) is 1. The lowest BCUT2D eigenvalue weighted by Crippen LogP contribution is -2.36. The van der Waals surface area contributed by atoms with E-state index in [4.69, 9.17) is 5.73 Å². The van der Waals surface area contributed by atoms with Crippen molar-refractivity contribution in [2.75, 3.05) is 16.8 Å². The number of nitrogens with zero attached hydrogens (tertiary/aromatic N) is 1. The van der Waals surface area contributed by atoms with E-state index in [1.807, 2.05) is 6.07 Å². The van der Waals surface area contributed by atoms with Gasteiger partial charge in [-0.25, -0.2) is 0 Å². The third kappa shape index (κ3) is 3.38. The lowest BCUT2D eigenvalue weighted by molar-refractivity contribution is -0.114. The molecule has 1 aliphatic rings. The van der Waals surface area contributed by atoms with Gasteiger partial charge in [0, 0.05) is 36.0 Å². The summed E-state index contributed by atoms with van der Waals surface area (Å²) in [6.45, 7) is 1.99. The van der Waals surface area contributed by atoms with E-state index in [1.54, 1.807) is 41.3 Å². The van der Waals surface area contributed by atoms with E-state index >= 15 is 0 Å². The lowest BCUT2D eigenvalue weighted by Gasteiger charge is -2.30. The second-order valence-corrected chi connectivity index (χ2v) is 5.99. The van der Waals surface area contributed by atoms with Crippen LogP contribution in [-0.4, -0.2) is 24.3 Å². The van der Waals surface area contributed by atoms with Crippen molar-refractivity contribution in [3.8, 4) is 0 Å². The Morgan fingerprint density at radius 1 is 1.12 bits per heavy atom. The fourth-order valence-corrected chi connectivity index (χ4v) is 3.16. The molecule has 2 aromatic carbocycles. The van der Waals surface area contributed by atoms with Crippen molar-refractivity contribution in [2.45, 2.75) is 19.8 Å². The summed E-state index contributed by atoms with van der Waals surface area (Å²) in [7, 11) is 0. The van der Waals surface area contributed by atoms with Gasteiger partial charge in [0.1, 0.15) is 0 Å². The molecule has 128 valence electrons. The Morgan fingerprint density at radius 3 is 2.60 bits per heavy atom. The highest BCUT2D eigenvalue weighted by atomic mass is 16.2. The first-order chi connectivity index (χ1) is 12.0. The monoisotopic (exact) mass is 337 g/mol. The predicted octanol–water partition coefficient (Wildman–Crippen LogP) is 2.34. The normalized spacial score (nSPS) is 13.1. The summed E-state index contributed by atoms with van der Waals surface area (Å²) in [5, 5.41) is 2.68. The molecule has 3 rings (SSSR count). The summed E-state index contributed by atoms with van der Waals surface area (Å²) in [5.41, 5.74) is 8.49. The number of hydrogen-bond acceptors (Lipinski definition) is 3. The van der Waals surface area contributed by atoms with Gasteiger partial charge in [-0.05, 0) is 48.7 Å². The molecule has 0 aliphatic carbocycles. The lowest BCUT2D eigenvalue weighted by atomic mass is 9.95. The molecule has 0 spiro atoms. The fourth-order valence-electron chi connectivity index (χ4n) is 3.16. The van der Waals surface area contributed by atoms with Crippen molar-refractivity contribution in [1.82, 2.24) is 0 Å². The molecule has 0 saturated carbocycles. The molecule has 0 unspecified atom stereocenters. The molecular formula is C19H19N3O3. The number of amides is 3. The molecule has 1 aliphatic heterocycles. The zero-order valence-corrected chi connectivity index (χ0v) is 13.9. The van der Waals surface area contributed by atoms with Crippen molar-refractivity contribution in [1.29, 1.82) is 0 Å². The topological polar surface area (TPSA) is 92.5 Å². The number of benzene rings is 2. The summed E-state index contributed by atoms with van der Waals surface area (Å²) in [6, 6.07) is 12.1. The van der Waals surface area contributed by atoms with E-state index in [0.717, 1.165) is 17.7 Å². The quantitative estimate of drug-likeness (QED) is 0.900. The Kier molecular flexibility index (Phi) is 4.52. The summed E-state index contributed by atoms with van der Waals surface area (Å²) in [6.07, 6.45) is 1.47. The van der Waals surface area contributed by atoms with Crippen LogP contribution >= 0.6 is 0 Å². The zero-order chi connectivity index (χ0) is 18.0. The van der Waals surface area contributed by atoms with Gasteiger partial charge >= 0.3 is 0 Å². The summed E-state index contributed by atoms with van der Waals surface area (Å²) in [5.74, 6) is -0.854. The number of rotatable bonds is 3. The minimum atomic E-state index is -0.487. The molecule has 0 bridgehead atoms. The number of anilines is 2. The Bertz CT molecular complexity index is 861. The highest BCUT2D eigenvalue weighted by Crippen LogP contribution is 2.31. The molecule has 6 heteroatoms. The van der Waals surface area contributed by atoms with Crippen LogP contribution in [0.1, 0.15) is 39.6 Å². The van der Waals surface area contributed by atoms with Crippen LogP contribution < -0.4 is 16.0 Å². The molecule has 25 heavy (non-hydrogen) atoms. The van der Waals surface area contributed by atoms with E-state index in [9.17, 15) is 14.4 Å². The molecule has 6 nitrogen and oxygen atoms in total. The summed E-state index contributed by atoms with van der Waals surface area (Å²) in [4.78, 5) is 37.5. The van der Waals surface area contributed by atoms with Gasteiger partial charge in [-0.2, -0.15) is 0 Å². The van der Waals surface area contributed by atoms with Gasteiger partial charge in [-0.1, -0.05) is 12.1 Å². The molecule has 3 N–H and O–H groups in total. The van der Waals surface area contributed by atoms with Crippen LogP contribution in [0.25, 0.3) is 0 Å². The first-order valence-electron chi connectivity index (χ1n) is 8.08. The molecule has 0 aromatic heterocycles. The summed E-state index contributed by atoms with van der Waals surface area (Å²) < 4.78 is 0. The van der Waals surface area contributed by atoms with E-state index in [1.165, 1.54) is 6.92 Å². The van der Waals surface area contributed by atoms with Crippen LogP contribution in [0.2, 0.25) is 0 Å². The first kappa shape index (κ1) is 16.7. The Balaban J connectivity index is 1.96. The Morgan fingerprint density at radius 2 is 1.88 bits per heavy atom. The summed E-state index contributed by atoms with van der Waals surface area (Å²) >= 11 is 0. The largest absolute Gasteiger partial charge is 0.366 e. The van der Waals surface area contributed by atoms with E-state index in [0.29, 0.717) is 29.8 Å². The third-order valence-electron chi connectivity index (χ3n) is 4.19. The van der Waals surface area contributed by atoms with Gasteiger partial charge in [-0.3, -0.25) is 14.4 Å². The van der Waals surface area contributed by atoms with Gasteiger partial charge in [-0.15, -0.1) is 0 Å². The van der Waals surface area contributed by atoms with Crippen molar-refractivity contribution in [2.24, 2.45) is 5.73 Å². The van der Waals surface area contributed by atoms with Crippen LogP contribution in [0.5, 0.6) is 0 Å². The number of fused-ring (bicyclic) bond motifs is 1. The maximum absolute atomic E-state index is 13.0. The highest BCUT2D eigenvalue weighted by Gasteiger charge is 2.26. The van der Waals surface area contributed by atoms with Crippen molar-refractivity contribution in [3.05, 3.63) is 59.2 Å². The van der Waals surface area contributed by atoms with Crippen LogP contribution in [0.15, 0.2) is 42.5 Å². The average molecular weight is 337 g/mol. The second kappa shape index (κ2) is 6.76. The predicted molar refractivity (Wildman–Crippen MR) is 95.7 cm³/mol. The fraction of sp³-hybridized carbons (Fsp3) is 0.211. The SMILES string of the molecule is CC(=O)Nc1cccc(C(=O)N2CCCc3c(C(N)=O)cccc32)c1. The third-order valence-corrected chi connectivity index (χ3v) is 4.19. The first-order valence-corrected chi connectivity index (χ1v) is 8.08. The van der Waals surface area contributed by atoms with Gasteiger partial charge < -0.3 is 16.0 Å². The number of hydrogen-bond donors (Lipinski definition) is 2. The molecule has 0 saturated heterocycles. The van der Waals surface area contributed by atoms with Crippen molar-refractivity contribution >= 4 is 29.1 Å². The molecule has 1 heterocycles. The maximum Gasteiger partial charge on any atom is 0.258 e. The average Bonchev–Trinajstić information content (AvgIpc) is 2.59. The number of carbonyl (C=O) groups is 3. The van der Waals surface area contributed by atoms with Crippen LogP contribution in [0.3, 0.4) is 0 Å². The zero-order valence-electron chi connectivity index (χ0n) is 13.9. The van der Waals surface area contributed by atoms with Gasteiger partial charge in [0.2, 0.25) is 11.8 Å². The van der Waals surface area contributed by atoms with Gasteiger partial charge in [0.05, 0.1) is 0 Å².